The molecule has 1 N–H and O–H groups in total. The van der Waals surface area contributed by atoms with E-state index in [1.807, 2.05) is 6.92 Å². The molecule has 19 heavy (non-hydrogen) atoms. The van der Waals surface area contributed by atoms with Crippen LogP contribution in [0.1, 0.15) is 63.4 Å². The number of nitrogens with one attached hydrogen (secondary N) is 1. The number of hydrogen-bond donors (Lipinski definition) is 1. The minimum atomic E-state index is 0.301. The lowest BCUT2D eigenvalue weighted by molar-refractivity contribution is 0.265. The van der Waals surface area contributed by atoms with E-state index in [0.29, 0.717) is 6.04 Å². The van der Waals surface area contributed by atoms with Crippen LogP contribution in [0.15, 0.2) is 12.4 Å². The van der Waals surface area contributed by atoms with Crippen molar-refractivity contribution >= 4 is 0 Å². The molecule has 3 nitrogen and oxygen atoms in total. The zero-order chi connectivity index (χ0) is 13.7. The topological polar surface area (TPSA) is 37.8 Å². The summed E-state index contributed by atoms with van der Waals surface area (Å²) in [7, 11) is 0. The Hall–Kier alpha value is -0.960. The van der Waals surface area contributed by atoms with Gasteiger partial charge in [0, 0.05) is 18.4 Å². The molecule has 3 heteroatoms. The largest absolute Gasteiger partial charge is 0.309 e. The van der Waals surface area contributed by atoms with Crippen molar-refractivity contribution in [2.75, 3.05) is 6.54 Å². The predicted octanol–water partition coefficient (Wildman–Crippen LogP) is 3.65. The van der Waals surface area contributed by atoms with Crippen molar-refractivity contribution in [2.24, 2.45) is 11.8 Å². The Kier molecular flexibility index (Phi) is 5.32. The highest BCUT2D eigenvalue weighted by Crippen LogP contribution is 2.30. The van der Waals surface area contributed by atoms with Gasteiger partial charge in [-0.1, -0.05) is 26.2 Å². The molecule has 1 aromatic rings. The van der Waals surface area contributed by atoms with Gasteiger partial charge < -0.3 is 5.32 Å². The quantitative estimate of drug-likeness (QED) is 0.879. The number of aromatic nitrogens is 2. The molecule has 0 aromatic carbocycles. The van der Waals surface area contributed by atoms with E-state index < -0.39 is 0 Å². The summed E-state index contributed by atoms with van der Waals surface area (Å²) >= 11 is 0. The Morgan fingerprint density at radius 3 is 2.84 bits per heavy atom. The molecule has 2 rings (SSSR count). The number of hydrogen-bond acceptors (Lipinski definition) is 3. The standard InChI is InChI=1S/C16H27N3/c1-12-5-4-6-15(11-12)7-8-17-13(2)16-14(3)18-9-10-19-16/h9-10,12-13,15,17H,4-8,11H2,1-3H3. The molecule has 1 aliphatic rings. The predicted molar refractivity (Wildman–Crippen MR) is 78.9 cm³/mol. The molecule has 0 aliphatic heterocycles. The van der Waals surface area contributed by atoms with Gasteiger partial charge in [-0.2, -0.15) is 0 Å². The van der Waals surface area contributed by atoms with Crippen molar-refractivity contribution < 1.29 is 0 Å². The monoisotopic (exact) mass is 261 g/mol. The summed E-state index contributed by atoms with van der Waals surface area (Å²) in [5.74, 6) is 1.85. The van der Waals surface area contributed by atoms with E-state index in [1.54, 1.807) is 12.4 Å². The lowest BCUT2D eigenvalue weighted by Crippen LogP contribution is -2.25. The van der Waals surface area contributed by atoms with Crippen molar-refractivity contribution in [1.82, 2.24) is 15.3 Å². The summed E-state index contributed by atoms with van der Waals surface area (Å²) in [6.07, 6.45) is 10.5. The molecule has 106 valence electrons. The fourth-order valence-corrected chi connectivity index (χ4v) is 3.27. The van der Waals surface area contributed by atoms with Crippen LogP contribution in [0.25, 0.3) is 0 Å². The van der Waals surface area contributed by atoms with Gasteiger partial charge in [0.2, 0.25) is 0 Å². The molecule has 1 heterocycles. The van der Waals surface area contributed by atoms with Crippen LogP contribution in [0, 0.1) is 18.8 Å². The highest BCUT2D eigenvalue weighted by molar-refractivity contribution is 5.12. The van der Waals surface area contributed by atoms with Gasteiger partial charge in [0.15, 0.2) is 0 Å². The summed E-state index contributed by atoms with van der Waals surface area (Å²) in [5, 5.41) is 3.60. The minimum Gasteiger partial charge on any atom is -0.309 e. The molecule has 0 spiro atoms. The minimum absolute atomic E-state index is 0.301. The van der Waals surface area contributed by atoms with Crippen molar-refractivity contribution in [3.63, 3.8) is 0 Å². The molecule has 1 aromatic heterocycles. The maximum Gasteiger partial charge on any atom is 0.0782 e. The van der Waals surface area contributed by atoms with Gasteiger partial charge >= 0.3 is 0 Å². The zero-order valence-corrected chi connectivity index (χ0v) is 12.5. The first-order valence-electron chi connectivity index (χ1n) is 7.67. The van der Waals surface area contributed by atoms with Crippen molar-refractivity contribution in [2.45, 2.75) is 58.9 Å². The van der Waals surface area contributed by atoms with Gasteiger partial charge in [-0.3, -0.25) is 9.97 Å². The van der Waals surface area contributed by atoms with Gasteiger partial charge in [-0.25, -0.2) is 0 Å². The summed E-state index contributed by atoms with van der Waals surface area (Å²) < 4.78 is 0. The van der Waals surface area contributed by atoms with Crippen molar-refractivity contribution in [3.8, 4) is 0 Å². The van der Waals surface area contributed by atoms with Crippen LogP contribution < -0.4 is 5.32 Å². The first-order chi connectivity index (χ1) is 9.16. The fourth-order valence-electron chi connectivity index (χ4n) is 3.27. The Bertz CT molecular complexity index is 391. The fraction of sp³-hybridized carbons (Fsp3) is 0.750. The first kappa shape index (κ1) is 14.4. The molecular weight excluding hydrogens is 234 g/mol. The second-order valence-corrected chi connectivity index (χ2v) is 6.13. The van der Waals surface area contributed by atoms with Gasteiger partial charge in [0.25, 0.3) is 0 Å². The molecule has 0 radical (unpaired) electrons. The van der Waals surface area contributed by atoms with Crippen LogP contribution in [0.3, 0.4) is 0 Å². The van der Waals surface area contributed by atoms with Gasteiger partial charge in [-0.15, -0.1) is 0 Å². The molecule has 1 fully saturated rings. The van der Waals surface area contributed by atoms with Gasteiger partial charge in [-0.05, 0) is 45.1 Å². The van der Waals surface area contributed by atoms with Crippen LogP contribution in [-0.2, 0) is 0 Å². The number of nitrogens with zero attached hydrogens (tertiary/aromatic N) is 2. The van der Waals surface area contributed by atoms with Crippen LogP contribution in [0.5, 0.6) is 0 Å². The average Bonchev–Trinajstić information content (AvgIpc) is 2.39. The van der Waals surface area contributed by atoms with E-state index in [-0.39, 0.29) is 0 Å². The van der Waals surface area contributed by atoms with E-state index in [2.05, 4.69) is 29.1 Å². The Morgan fingerprint density at radius 2 is 2.11 bits per heavy atom. The van der Waals surface area contributed by atoms with Crippen molar-refractivity contribution in [3.05, 3.63) is 23.8 Å². The van der Waals surface area contributed by atoms with E-state index >= 15 is 0 Å². The smallest absolute Gasteiger partial charge is 0.0782 e. The third kappa shape index (κ3) is 4.27. The molecule has 0 bridgehead atoms. The lowest BCUT2D eigenvalue weighted by Gasteiger charge is -2.27. The molecule has 0 saturated heterocycles. The van der Waals surface area contributed by atoms with E-state index in [4.69, 9.17) is 0 Å². The van der Waals surface area contributed by atoms with Crippen LogP contribution >= 0.6 is 0 Å². The third-order valence-electron chi connectivity index (χ3n) is 4.38. The summed E-state index contributed by atoms with van der Waals surface area (Å²) in [6, 6.07) is 0.301. The van der Waals surface area contributed by atoms with E-state index in [0.717, 1.165) is 29.8 Å². The average molecular weight is 261 g/mol. The molecule has 1 saturated carbocycles. The first-order valence-corrected chi connectivity index (χ1v) is 7.67. The maximum atomic E-state index is 4.43. The summed E-state index contributed by atoms with van der Waals surface area (Å²) in [5.41, 5.74) is 2.12. The zero-order valence-electron chi connectivity index (χ0n) is 12.5. The summed E-state index contributed by atoms with van der Waals surface area (Å²) in [6.45, 7) is 7.70. The van der Waals surface area contributed by atoms with E-state index in [1.165, 1.54) is 32.1 Å². The maximum absolute atomic E-state index is 4.43. The van der Waals surface area contributed by atoms with Crippen molar-refractivity contribution in [1.29, 1.82) is 0 Å². The van der Waals surface area contributed by atoms with E-state index in [9.17, 15) is 0 Å². The SMILES string of the molecule is Cc1nccnc1C(C)NCCC1CCCC(C)C1. The normalized spacial score (nSPS) is 25.2. The summed E-state index contributed by atoms with van der Waals surface area (Å²) in [4.78, 5) is 8.74. The molecule has 1 aliphatic carbocycles. The molecule has 0 amide bonds. The Morgan fingerprint density at radius 1 is 1.32 bits per heavy atom. The lowest BCUT2D eigenvalue weighted by atomic mass is 9.81. The highest BCUT2D eigenvalue weighted by atomic mass is 14.9. The Balaban J connectivity index is 1.75. The number of rotatable bonds is 5. The van der Waals surface area contributed by atoms with Gasteiger partial charge in [0.1, 0.15) is 0 Å². The molecular formula is C16H27N3. The van der Waals surface area contributed by atoms with Crippen LogP contribution in [-0.4, -0.2) is 16.5 Å². The van der Waals surface area contributed by atoms with Crippen LogP contribution in [0.4, 0.5) is 0 Å². The number of aryl methyl sites for hydroxylation is 1. The Labute approximate surface area is 117 Å². The second kappa shape index (κ2) is 6.99. The highest BCUT2D eigenvalue weighted by Gasteiger charge is 2.18. The third-order valence-corrected chi connectivity index (χ3v) is 4.38. The van der Waals surface area contributed by atoms with Crippen LogP contribution in [0.2, 0.25) is 0 Å². The molecule has 3 unspecified atom stereocenters. The molecule has 3 atom stereocenters. The second-order valence-electron chi connectivity index (χ2n) is 6.13. The van der Waals surface area contributed by atoms with Gasteiger partial charge in [0.05, 0.1) is 11.4 Å².